The summed E-state index contributed by atoms with van der Waals surface area (Å²) in [5.74, 6) is 2.27. The number of aryl methyl sites for hydroxylation is 1. The third kappa shape index (κ3) is 7.10. The first-order valence-corrected chi connectivity index (χ1v) is 15.3. The summed E-state index contributed by atoms with van der Waals surface area (Å²) in [6.07, 6.45) is 4.11. The van der Waals surface area contributed by atoms with Gasteiger partial charge in [-0.05, 0) is 103 Å². The number of aromatic nitrogens is 4. The van der Waals surface area contributed by atoms with Crippen LogP contribution in [0, 0.1) is 5.92 Å². The first kappa shape index (κ1) is 28.7. The molecule has 0 atom stereocenters. The van der Waals surface area contributed by atoms with E-state index in [2.05, 4.69) is 20.7 Å². The molecule has 3 N–H and O–H groups in total. The Morgan fingerprint density at radius 3 is 2.12 bits per heavy atom. The highest BCUT2D eigenvalue weighted by Crippen LogP contribution is 2.34. The largest absolute Gasteiger partial charge is 0.497 e. The van der Waals surface area contributed by atoms with E-state index in [-0.39, 0.29) is 10.7 Å². The number of nitrogens with zero attached hydrogens (tertiary/aromatic N) is 4. The predicted octanol–water partition coefficient (Wildman–Crippen LogP) is 3.58. The molecule has 0 unspecified atom stereocenters. The Morgan fingerprint density at radius 2 is 1.51 bits per heavy atom. The average Bonchev–Trinajstić information content (AvgIpc) is 3.45. The third-order valence-electron chi connectivity index (χ3n) is 7.60. The molecule has 216 valence electrons. The molecule has 0 bridgehead atoms. The summed E-state index contributed by atoms with van der Waals surface area (Å²) >= 11 is 0. The number of nitrogens with two attached hydrogens (primary N) is 1. The maximum absolute atomic E-state index is 13.2. The van der Waals surface area contributed by atoms with Gasteiger partial charge in [0.15, 0.2) is 0 Å². The molecule has 1 fully saturated rings. The fourth-order valence-corrected chi connectivity index (χ4v) is 6.42. The van der Waals surface area contributed by atoms with Crippen LogP contribution in [0.1, 0.15) is 41.5 Å². The van der Waals surface area contributed by atoms with Crippen LogP contribution in [0.4, 0.5) is 0 Å². The van der Waals surface area contributed by atoms with E-state index in [4.69, 9.17) is 14.6 Å². The van der Waals surface area contributed by atoms with Gasteiger partial charge < -0.3 is 14.8 Å². The smallest absolute Gasteiger partial charge is 0.239 e. The number of methoxy groups -OCH3 is 2. The lowest BCUT2D eigenvalue weighted by Gasteiger charge is -2.23. The van der Waals surface area contributed by atoms with Gasteiger partial charge in [0.25, 0.3) is 0 Å². The molecule has 2 heterocycles. The summed E-state index contributed by atoms with van der Waals surface area (Å²) in [4.78, 5) is 1.55. The SMILES string of the molecule is COc1ccc(Cc2ccc(CCC3CCNCC3)c(S(N)(=O)=O)c2-c2nnn(Cc3ccc(OC)cc3)n2)cc1. The van der Waals surface area contributed by atoms with Crippen molar-refractivity contribution < 1.29 is 17.9 Å². The topological polar surface area (TPSA) is 134 Å². The zero-order valence-corrected chi connectivity index (χ0v) is 24.2. The number of primary sulfonamides is 1. The molecule has 0 spiro atoms. The Hall–Kier alpha value is -3.80. The highest BCUT2D eigenvalue weighted by molar-refractivity contribution is 7.89. The number of nitrogens with one attached hydrogen (secondary N) is 1. The Bertz CT molecular complexity index is 1560. The van der Waals surface area contributed by atoms with E-state index in [0.29, 0.717) is 36.4 Å². The number of tetrazole rings is 1. The van der Waals surface area contributed by atoms with Gasteiger partial charge in [0, 0.05) is 5.56 Å². The molecule has 0 saturated carbocycles. The fraction of sp³-hybridized carbons (Fsp3) is 0.367. The second-order valence-corrected chi connectivity index (χ2v) is 11.9. The molecule has 4 aromatic rings. The Balaban J connectivity index is 1.54. The van der Waals surface area contributed by atoms with Crippen LogP contribution in [0.3, 0.4) is 0 Å². The molecule has 0 radical (unpaired) electrons. The maximum atomic E-state index is 13.2. The van der Waals surface area contributed by atoms with Crippen molar-refractivity contribution in [2.75, 3.05) is 27.3 Å². The molecule has 0 aliphatic carbocycles. The summed E-state index contributed by atoms with van der Waals surface area (Å²) < 4.78 is 36.9. The summed E-state index contributed by atoms with van der Waals surface area (Å²) in [6.45, 7) is 2.34. The second kappa shape index (κ2) is 12.8. The Labute approximate surface area is 240 Å². The Kier molecular flexibility index (Phi) is 8.96. The summed E-state index contributed by atoms with van der Waals surface area (Å²) in [6, 6.07) is 19.1. The van der Waals surface area contributed by atoms with Gasteiger partial charge in [-0.1, -0.05) is 36.4 Å². The quantitative estimate of drug-likeness (QED) is 0.277. The molecule has 1 aliphatic rings. The first-order chi connectivity index (χ1) is 19.8. The number of ether oxygens (including phenoxy) is 2. The third-order valence-corrected chi connectivity index (χ3v) is 8.64. The van der Waals surface area contributed by atoms with Gasteiger partial charge in [-0.3, -0.25) is 0 Å². The lowest BCUT2D eigenvalue weighted by atomic mass is 9.90. The summed E-state index contributed by atoms with van der Waals surface area (Å²) in [5, 5.41) is 22.5. The van der Waals surface area contributed by atoms with Crippen LogP contribution >= 0.6 is 0 Å². The average molecular weight is 577 g/mol. The standard InChI is InChI=1S/C30H36N6O4S/c1-39-26-11-4-22(5-12-26)19-25-10-9-24(8-3-21-15-17-32-18-16-21)29(41(31,37)38)28(25)30-33-35-36(34-30)20-23-6-13-27(40-2)14-7-23/h4-7,9-14,21,32H,3,8,15-20H2,1-2H3,(H2,31,37,38). The lowest BCUT2D eigenvalue weighted by molar-refractivity contribution is 0.354. The molecule has 11 heteroatoms. The maximum Gasteiger partial charge on any atom is 0.239 e. The van der Waals surface area contributed by atoms with E-state index >= 15 is 0 Å². The van der Waals surface area contributed by atoms with E-state index < -0.39 is 10.0 Å². The Morgan fingerprint density at radius 1 is 0.902 bits per heavy atom. The van der Waals surface area contributed by atoms with Gasteiger partial charge in [-0.25, -0.2) is 13.6 Å². The minimum absolute atomic E-state index is 0.0847. The first-order valence-electron chi connectivity index (χ1n) is 13.8. The molecular formula is C30H36N6O4S. The van der Waals surface area contributed by atoms with Crippen molar-refractivity contribution in [2.45, 2.75) is 43.5 Å². The van der Waals surface area contributed by atoms with Crippen molar-refractivity contribution in [3.05, 3.63) is 82.9 Å². The summed E-state index contributed by atoms with van der Waals surface area (Å²) in [7, 11) is -0.873. The van der Waals surface area contributed by atoms with Gasteiger partial charge in [0.2, 0.25) is 15.8 Å². The van der Waals surface area contributed by atoms with Crippen LogP contribution in [-0.4, -0.2) is 55.9 Å². The molecule has 1 saturated heterocycles. The number of piperidine rings is 1. The van der Waals surface area contributed by atoms with Crippen molar-refractivity contribution in [2.24, 2.45) is 11.1 Å². The van der Waals surface area contributed by atoms with Crippen molar-refractivity contribution in [3.63, 3.8) is 0 Å². The molecule has 41 heavy (non-hydrogen) atoms. The van der Waals surface area contributed by atoms with Gasteiger partial charge in [-0.2, -0.15) is 4.80 Å². The number of hydrogen-bond acceptors (Lipinski definition) is 8. The number of sulfonamides is 1. The van der Waals surface area contributed by atoms with Gasteiger partial charge in [-0.15, -0.1) is 10.2 Å². The van der Waals surface area contributed by atoms with Gasteiger partial charge in [0.1, 0.15) is 11.5 Å². The van der Waals surface area contributed by atoms with Crippen LogP contribution in [-0.2, 0) is 29.4 Å². The minimum atomic E-state index is -4.11. The zero-order chi connectivity index (χ0) is 28.8. The van der Waals surface area contributed by atoms with Crippen molar-refractivity contribution in [3.8, 4) is 22.9 Å². The van der Waals surface area contributed by atoms with Crippen molar-refractivity contribution >= 4 is 10.0 Å². The molecule has 1 aliphatic heterocycles. The monoisotopic (exact) mass is 576 g/mol. The van der Waals surface area contributed by atoms with E-state index in [1.54, 1.807) is 14.2 Å². The molecule has 0 amide bonds. The van der Waals surface area contributed by atoms with E-state index in [9.17, 15) is 8.42 Å². The molecule has 5 rings (SSSR count). The predicted molar refractivity (Wildman–Crippen MR) is 156 cm³/mol. The zero-order valence-electron chi connectivity index (χ0n) is 23.4. The lowest BCUT2D eigenvalue weighted by Crippen LogP contribution is -2.28. The van der Waals surface area contributed by atoms with Crippen molar-refractivity contribution in [1.29, 1.82) is 0 Å². The molecular weight excluding hydrogens is 540 g/mol. The number of benzene rings is 3. The van der Waals surface area contributed by atoms with E-state index in [1.165, 1.54) is 4.80 Å². The van der Waals surface area contributed by atoms with E-state index in [0.717, 1.165) is 60.5 Å². The number of rotatable bonds is 11. The molecule has 1 aromatic heterocycles. The fourth-order valence-electron chi connectivity index (χ4n) is 5.38. The van der Waals surface area contributed by atoms with Crippen LogP contribution < -0.4 is 19.9 Å². The van der Waals surface area contributed by atoms with Crippen LogP contribution in [0.25, 0.3) is 11.4 Å². The highest BCUT2D eigenvalue weighted by atomic mass is 32.2. The van der Waals surface area contributed by atoms with Crippen LogP contribution in [0.15, 0.2) is 65.6 Å². The van der Waals surface area contributed by atoms with Crippen LogP contribution in [0.2, 0.25) is 0 Å². The van der Waals surface area contributed by atoms with Gasteiger partial charge in [0.05, 0.1) is 25.7 Å². The normalized spacial score (nSPS) is 14.2. The van der Waals surface area contributed by atoms with Crippen LogP contribution in [0.5, 0.6) is 11.5 Å². The van der Waals surface area contributed by atoms with Crippen molar-refractivity contribution in [1.82, 2.24) is 25.5 Å². The molecule has 10 nitrogen and oxygen atoms in total. The van der Waals surface area contributed by atoms with E-state index in [1.807, 2.05) is 60.7 Å². The highest BCUT2D eigenvalue weighted by Gasteiger charge is 2.27. The minimum Gasteiger partial charge on any atom is -0.497 e. The second-order valence-electron chi connectivity index (χ2n) is 10.4. The molecule has 3 aromatic carbocycles. The summed E-state index contributed by atoms with van der Waals surface area (Å²) in [5.41, 5.74) is 3.79. The number of hydrogen-bond donors (Lipinski definition) is 2. The van der Waals surface area contributed by atoms with Gasteiger partial charge >= 0.3 is 0 Å².